The fourth-order valence-electron chi connectivity index (χ4n) is 5.96. The van der Waals surface area contributed by atoms with Crippen LogP contribution in [0.3, 0.4) is 0 Å². The number of fused-ring (bicyclic) bond motifs is 2. The number of anilines is 1. The summed E-state index contributed by atoms with van der Waals surface area (Å²) in [6, 6.07) is 5.86. The van der Waals surface area contributed by atoms with Crippen LogP contribution in [0.15, 0.2) is 41.3 Å². The van der Waals surface area contributed by atoms with E-state index in [1.165, 1.54) is 17.7 Å². The molecule has 2 N–H and O–H groups in total. The Labute approximate surface area is 254 Å². The molecule has 0 spiro atoms. The highest BCUT2D eigenvalue weighted by Gasteiger charge is 2.64. The minimum atomic E-state index is -1.24. The molecule has 3 aromatic heterocycles. The van der Waals surface area contributed by atoms with E-state index in [1.54, 1.807) is 36.4 Å². The molecule has 6 rings (SSSR count). The molecule has 1 saturated carbocycles. The van der Waals surface area contributed by atoms with E-state index in [4.69, 9.17) is 0 Å². The zero-order valence-corrected chi connectivity index (χ0v) is 25.5. The Bertz CT molecular complexity index is 1850. The van der Waals surface area contributed by atoms with E-state index in [2.05, 4.69) is 41.3 Å². The van der Waals surface area contributed by atoms with Gasteiger partial charge in [0.05, 0.1) is 11.1 Å². The number of carboxylic acid groups (broad SMARTS) is 1. The van der Waals surface area contributed by atoms with E-state index >= 15 is 0 Å². The Morgan fingerprint density at radius 3 is 2.49 bits per heavy atom. The van der Waals surface area contributed by atoms with E-state index in [9.17, 15) is 24.3 Å². The van der Waals surface area contributed by atoms with Crippen LogP contribution in [-0.2, 0) is 16.1 Å². The highest BCUT2D eigenvalue weighted by Crippen LogP contribution is 2.59. The average molecular weight is 647 g/mol. The number of rotatable bonds is 7. The van der Waals surface area contributed by atoms with Crippen LogP contribution in [0.2, 0.25) is 0 Å². The molecular weight excluding hydrogens is 618 g/mol. The number of aryl methyl sites for hydroxylation is 2. The van der Waals surface area contributed by atoms with Crippen LogP contribution in [0.1, 0.15) is 58.9 Å². The van der Waals surface area contributed by atoms with Gasteiger partial charge in [-0.05, 0) is 77.4 Å². The second-order valence-corrected chi connectivity index (χ2v) is 12.3. The summed E-state index contributed by atoms with van der Waals surface area (Å²) in [6.45, 7) is 6.61. The van der Waals surface area contributed by atoms with Crippen LogP contribution in [0.4, 0.5) is 5.82 Å². The Morgan fingerprint density at radius 1 is 1.09 bits per heavy atom. The predicted molar refractivity (Wildman–Crippen MR) is 160 cm³/mol. The molecule has 1 saturated heterocycles. The van der Waals surface area contributed by atoms with E-state index in [0.717, 1.165) is 12.0 Å². The largest absolute Gasteiger partial charge is 0.478 e. The standard InChI is InChI=1S/C30H28BrN7O5/c1-14-5-6-23(31)34-27(14)35-28(41)21-9-30(4)10-22(30)38(21)24(40)13-37-26-19(25(36-37)15(2)39)7-17(8-20(26)29(42)43)18-11-32-16(3)33-12-18/h5-8,11-12,21-22H,9-10,13H2,1-4H3,(H,42,43)(H,34,35,41)/t21-,22+,30-/m0/s1. The number of halogens is 1. The maximum atomic E-state index is 13.9. The number of carbonyl (C=O) groups excluding carboxylic acids is 3. The molecule has 13 heteroatoms. The Morgan fingerprint density at radius 2 is 1.81 bits per heavy atom. The number of nitrogens with one attached hydrogen (secondary N) is 1. The lowest BCUT2D eigenvalue weighted by Gasteiger charge is -2.27. The molecule has 2 fully saturated rings. The molecule has 43 heavy (non-hydrogen) atoms. The number of hydrogen-bond donors (Lipinski definition) is 2. The predicted octanol–water partition coefficient (Wildman–Crippen LogP) is 4.19. The number of hydrogen-bond acceptors (Lipinski definition) is 8. The van der Waals surface area contributed by atoms with Crippen molar-refractivity contribution in [3.05, 3.63) is 63.9 Å². The summed E-state index contributed by atoms with van der Waals surface area (Å²) >= 11 is 3.33. The summed E-state index contributed by atoms with van der Waals surface area (Å²) in [4.78, 5) is 66.9. The molecule has 0 radical (unpaired) electrons. The normalized spacial score (nSPS) is 20.6. The fourth-order valence-corrected chi connectivity index (χ4v) is 6.27. The average Bonchev–Trinajstić information content (AvgIpc) is 3.31. The molecule has 4 aromatic rings. The minimum Gasteiger partial charge on any atom is -0.478 e. The van der Waals surface area contributed by atoms with Crippen molar-refractivity contribution in [1.82, 2.24) is 29.6 Å². The Kier molecular flexibility index (Phi) is 6.87. The van der Waals surface area contributed by atoms with E-state index < -0.39 is 17.9 Å². The summed E-state index contributed by atoms with van der Waals surface area (Å²) in [5, 5.41) is 17.8. The van der Waals surface area contributed by atoms with Gasteiger partial charge in [0.1, 0.15) is 34.5 Å². The van der Waals surface area contributed by atoms with Crippen molar-refractivity contribution in [2.75, 3.05) is 5.32 Å². The first kappa shape index (κ1) is 28.6. The molecular formula is C30H28BrN7O5. The van der Waals surface area contributed by atoms with Gasteiger partial charge in [0.2, 0.25) is 11.8 Å². The van der Waals surface area contributed by atoms with Crippen LogP contribution in [-0.4, -0.2) is 70.4 Å². The van der Waals surface area contributed by atoms with Crippen LogP contribution in [0.25, 0.3) is 22.0 Å². The number of pyridine rings is 1. The summed E-state index contributed by atoms with van der Waals surface area (Å²) in [5.74, 6) is -1.40. The number of piperidine rings is 1. The second kappa shape index (κ2) is 10.3. The summed E-state index contributed by atoms with van der Waals surface area (Å²) < 4.78 is 1.84. The molecule has 1 aliphatic heterocycles. The number of benzene rings is 1. The summed E-state index contributed by atoms with van der Waals surface area (Å²) in [7, 11) is 0. The molecule has 12 nitrogen and oxygen atoms in total. The van der Waals surface area contributed by atoms with Crippen LogP contribution in [0, 0.1) is 19.3 Å². The number of ketones is 1. The fraction of sp³-hybridized carbons (Fsp3) is 0.333. The first-order valence-electron chi connectivity index (χ1n) is 13.7. The molecule has 3 atom stereocenters. The summed E-state index contributed by atoms with van der Waals surface area (Å²) in [6.07, 6.45) is 4.40. The molecule has 2 amide bonds. The van der Waals surface area contributed by atoms with Gasteiger partial charge in [0, 0.05) is 36.3 Å². The smallest absolute Gasteiger partial charge is 0.337 e. The van der Waals surface area contributed by atoms with Gasteiger partial charge in [-0.1, -0.05) is 13.0 Å². The van der Waals surface area contributed by atoms with Gasteiger partial charge in [-0.3, -0.25) is 19.1 Å². The molecule has 4 heterocycles. The van der Waals surface area contributed by atoms with Crippen molar-refractivity contribution in [1.29, 1.82) is 0 Å². The number of nitrogens with zero attached hydrogens (tertiary/aromatic N) is 6. The first-order chi connectivity index (χ1) is 20.4. The van der Waals surface area contributed by atoms with Crippen molar-refractivity contribution < 1.29 is 24.3 Å². The highest BCUT2D eigenvalue weighted by molar-refractivity contribution is 9.10. The first-order valence-corrected chi connectivity index (χ1v) is 14.5. The molecule has 220 valence electrons. The van der Waals surface area contributed by atoms with Crippen molar-refractivity contribution in [3.8, 4) is 11.1 Å². The summed E-state index contributed by atoms with van der Waals surface area (Å²) in [5.41, 5.74) is 1.73. The van der Waals surface area contributed by atoms with E-state index in [1.807, 2.05) is 19.9 Å². The lowest BCUT2D eigenvalue weighted by Crippen LogP contribution is -2.47. The minimum absolute atomic E-state index is 0.0448. The van der Waals surface area contributed by atoms with Crippen molar-refractivity contribution in [2.24, 2.45) is 5.41 Å². The van der Waals surface area contributed by atoms with Gasteiger partial charge < -0.3 is 15.3 Å². The van der Waals surface area contributed by atoms with Crippen molar-refractivity contribution in [2.45, 2.75) is 59.2 Å². The third-order valence-corrected chi connectivity index (χ3v) is 8.78. The van der Waals surface area contributed by atoms with Crippen molar-refractivity contribution >= 4 is 56.2 Å². The van der Waals surface area contributed by atoms with E-state index in [0.29, 0.717) is 39.2 Å². The van der Waals surface area contributed by atoms with Crippen molar-refractivity contribution in [3.63, 3.8) is 0 Å². The number of Topliss-reactive ketones (excluding diaryl/α,β-unsaturated/α-hetero) is 1. The number of aromatic carboxylic acids is 1. The number of likely N-dealkylation sites (tertiary alicyclic amines) is 1. The molecule has 0 bridgehead atoms. The van der Waals surface area contributed by atoms with Crippen LogP contribution >= 0.6 is 15.9 Å². The molecule has 1 aliphatic carbocycles. The Hall–Kier alpha value is -4.52. The lowest BCUT2D eigenvalue weighted by atomic mass is 10.00. The third kappa shape index (κ3) is 5.07. The van der Waals surface area contributed by atoms with Gasteiger partial charge in [-0.2, -0.15) is 5.10 Å². The second-order valence-electron chi connectivity index (χ2n) is 11.5. The maximum absolute atomic E-state index is 13.9. The number of carboxylic acids is 1. The number of carbonyl (C=O) groups is 4. The molecule has 2 aliphatic rings. The van der Waals surface area contributed by atoms with Gasteiger partial charge in [0.15, 0.2) is 5.78 Å². The monoisotopic (exact) mass is 645 g/mol. The van der Waals surface area contributed by atoms with Crippen LogP contribution < -0.4 is 5.32 Å². The zero-order valence-electron chi connectivity index (χ0n) is 23.9. The maximum Gasteiger partial charge on any atom is 0.337 e. The topological polar surface area (TPSA) is 160 Å². The zero-order chi connectivity index (χ0) is 30.8. The van der Waals surface area contributed by atoms with Crippen LogP contribution in [0.5, 0.6) is 0 Å². The van der Waals surface area contributed by atoms with Gasteiger partial charge in [0.25, 0.3) is 0 Å². The van der Waals surface area contributed by atoms with Gasteiger partial charge in [-0.15, -0.1) is 0 Å². The molecule has 0 unspecified atom stereocenters. The lowest BCUT2D eigenvalue weighted by molar-refractivity contribution is -0.138. The van der Waals surface area contributed by atoms with Gasteiger partial charge >= 0.3 is 5.97 Å². The number of amides is 2. The van der Waals surface area contributed by atoms with Gasteiger partial charge in [-0.25, -0.2) is 19.7 Å². The quantitative estimate of drug-likeness (QED) is 0.222. The SMILES string of the molecule is CC(=O)c1nn(CC(=O)N2[C@H](C(=O)Nc3nc(Br)ccc3C)C[C@@]3(C)C[C@@H]23)c2c(C(=O)O)cc(-c3cnc(C)nc3)cc12. The highest BCUT2D eigenvalue weighted by atomic mass is 79.9. The Balaban J connectivity index is 1.36. The molecule has 1 aromatic carbocycles. The number of aromatic nitrogens is 5. The van der Waals surface area contributed by atoms with E-state index in [-0.39, 0.29) is 46.5 Å². The third-order valence-electron chi connectivity index (χ3n) is 8.34.